The van der Waals surface area contributed by atoms with E-state index in [0.717, 1.165) is 32.1 Å². The molecule has 1 heterocycles. The molecule has 0 spiro atoms. The number of unbranched alkanes of at least 4 members (excludes halogenated alkanes) is 3. The zero-order valence-electron chi connectivity index (χ0n) is 10.9. The third-order valence-electron chi connectivity index (χ3n) is 3.65. The second-order valence-corrected chi connectivity index (χ2v) is 5.04. The molecule has 4 nitrogen and oxygen atoms in total. The number of carboxylic acid groups (broad SMARTS) is 1. The molecule has 0 aromatic rings. The van der Waals surface area contributed by atoms with E-state index >= 15 is 0 Å². The van der Waals surface area contributed by atoms with Gasteiger partial charge in [-0.25, -0.2) is 4.79 Å². The van der Waals surface area contributed by atoms with E-state index < -0.39 is 11.5 Å². The predicted octanol–water partition coefficient (Wildman–Crippen LogP) is 2.42. The number of aliphatic carboxylic acids is 1. The number of rotatable bonds is 7. The van der Waals surface area contributed by atoms with Crippen molar-refractivity contribution in [1.29, 1.82) is 0 Å². The normalized spacial score (nSPS) is 19.4. The van der Waals surface area contributed by atoms with Gasteiger partial charge in [0.1, 0.15) is 5.54 Å². The maximum absolute atomic E-state index is 11.7. The zero-order valence-corrected chi connectivity index (χ0v) is 10.9. The molecular weight excluding hydrogens is 218 g/mol. The molecular formula is C13H23NO3. The first kappa shape index (κ1) is 14.0. The Morgan fingerprint density at radius 1 is 1.41 bits per heavy atom. The maximum Gasteiger partial charge on any atom is 0.329 e. The van der Waals surface area contributed by atoms with Gasteiger partial charge in [0.15, 0.2) is 0 Å². The van der Waals surface area contributed by atoms with Crippen LogP contribution in [0.15, 0.2) is 0 Å². The van der Waals surface area contributed by atoms with E-state index in [9.17, 15) is 14.7 Å². The van der Waals surface area contributed by atoms with E-state index in [1.165, 1.54) is 0 Å². The molecule has 0 radical (unpaired) electrons. The third kappa shape index (κ3) is 3.20. The standard InChI is InChI=1S/C13H23NO3/c1-3-4-5-6-9-13(2,12(16)17)14-10-7-8-11(14)15/h3-10H2,1-2H3,(H,16,17). The van der Waals surface area contributed by atoms with Crippen molar-refractivity contribution in [3.05, 3.63) is 0 Å². The van der Waals surface area contributed by atoms with Crippen molar-refractivity contribution < 1.29 is 14.7 Å². The van der Waals surface area contributed by atoms with Crippen LogP contribution in [-0.4, -0.2) is 34.0 Å². The van der Waals surface area contributed by atoms with Gasteiger partial charge in [-0.1, -0.05) is 32.6 Å². The van der Waals surface area contributed by atoms with Crippen LogP contribution in [0.2, 0.25) is 0 Å². The van der Waals surface area contributed by atoms with Crippen molar-refractivity contribution >= 4 is 11.9 Å². The first-order valence-electron chi connectivity index (χ1n) is 6.56. The number of carbonyl (C=O) groups is 2. The fraction of sp³-hybridized carbons (Fsp3) is 0.846. The largest absolute Gasteiger partial charge is 0.480 e. The molecule has 0 bridgehead atoms. The highest BCUT2D eigenvalue weighted by atomic mass is 16.4. The topological polar surface area (TPSA) is 57.6 Å². The summed E-state index contributed by atoms with van der Waals surface area (Å²) in [5.74, 6) is -0.880. The first-order chi connectivity index (χ1) is 8.02. The van der Waals surface area contributed by atoms with Crippen LogP contribution in [0.25, 0.3) is 0 Å². The van der Waals surface area contributed by atoms with Gasteiger partial charge in [-0.15, -0.1) is 0 Å². The first-order valence-corrected chi connectivity index (χ1v) is 6.56. The molecule has 1 aliphatic rings. The molecule has 1 rings (SSSR count). The molecule has 0 aliphatic carbocycles. The van der Waals surface area contributed by atoms with Crippen LogP contribution >= 0.6 is 0 Å². The van der Waals surface area contributed by atoms with E-state index in [4.69, 9.17) is 0 Å². The lowest BCUT2D eigenvalue weighted by molar-refractivity contribution is -0.156. The van der Waals surface area contributed by atoms with Gasteiger partial charge in [-0.05, 0) is 19.8 Å². The van der Waals surface area contributed by atoms with Crippen LogP contribution in [-0.2, 0) is 9.59 Å². The molecule has 98 valence electrons. The van der Waals surface area contributed by atoms with Gasteiger partial charge in [0.2, 0.25) is 5.91 Å². The molecule has 1 atom stereocenters. The molecule has 1 aliphatic heterocycles. The quantitative estimate of drug-likeness (QED) is 0.696. The van der Waals surface area contributed by atoms with Crippen LogP contribution < -0.4 is 0 Å². The van der Waals surface area contributed by atoms with Gasteiger partial charge in [0.05, 0.1) is 0 Å². The van der Waals surface area contributed by atoms with E-state index in [1.54, 1.807) is 11.8 Å². The van der Waals surface area contributed by atoms with Crippen LogP contribution in [0.3, 0.4) is 0 Å². The minimum absolute atomic E-state index is 0.00890. The molecule has 17 heavy (non-hydrogen) atoms. The minimum Gasteiger partial charge on any atom is -0.480 e. The van der Waals surface area contributed by atoms with Gasteiger partial charge in [-0.2, -0.15) is 0 Å². The SMILES string of the molecule is CCCCCCC(C)(C(=O)O)N1CCCC1=O. The Hall–Kier alpha value is -1.06. The smallest absolute Gasteiger partial charge is 0.329 e. The van der Waals surface area contributed by atoms with Gasteiger partial charge in [0.25, 0.3) is 0 Å². The monoisotopic (exact) mass is 241 g/mol. The molecule has 1 amide bonds. The van der Waals surface area contributed by atoms with E-state index in [1.807, 2.05) is 0 Å². The molecule has 1 N–H and O–H groups in total. The average molecular weight is 241 g/mol. The van der Waals surface area contributed by atoms with Crippen molar-refractivity contribution in [1.82, 2.24) is 4.90 Å². The molecule has 4 heteroatoms. The predicted molar refractivity (Wildman–Crippen MR) is 65.7 cm³/mol. The van der Waals surface area contributed by atoms with Crippen LogP contribution in [0.5, 0.6) is 0 Å². The Balaban J connectivity index is 2.61. The molecule has 1 fully saturated rings. The molecule has 1 saturated heterocycles. The molecule has 0 saturated carbocycles. The molecule has 1 unspecified atom stereocenters. The Bertz CT molecular complexity index is 290. The summed E-state index contributed by atoms with van der Waals surface area (Å²) >= 11 is 0. The number of likely N-dealkylation sites (tertiary alicyclic amines) is 1. The van der Waals surface area contributed by atoms with Crippen LogP contribution in [0.1, 0.15) is 58.8 Å². The second-order valence-electron chi connectivity index (χ2n) is 5.04. The summed E-state index contributed by atoms with van der Waals surface area (Å²) in [5, 5.41) is 9.37. The van der Waals surface area contributed by atoms with Gasteiger partial charge in [0, 0.05) is 13.0 Å². The Morgan fingerprint density at radius 3 is 2.59 bits per heavy atom. The number of carboxylic acids is 1. The van der Waals surface area contributed by atoms with Crippen molar-refractivity contribution in [2.24, 2.45) is 0 Å². The number of hydrogen-bond donors (Lipinski definition) is 1. The number of hydrogen-bond acceptors (Lipinski definition) is 2. The third-order valence-corrected chi connectivity index (χ3v) is 3.65. The second kappa shape index (κ2) is 6.03. The zero-order chi connectivity index (χ0) is 12.9. The lowest BCUT2D eigenvalue weighted by Crippen LogP contribution is -2.53. The number of nitrogens with zero attached hydrogens (tertiary/aromatic N) is 1. The summed E-state index contributed by atoms with van der Waals surface area (Å²) in [4.78, 5) is 24.7. The van der Waals surface area contributed by atoms with Crippen molar-refractivity contribution in [2.75, 3.05) is 6.54 Å². The lowest BCUT2D eigenvalue weighted by atomic mass is 9.92. The van der Waals surface area contributed by atoms with Crippen molar-refractivity contribution in [2.45, 2.75) is 64.3 Å². The highest BCUT2D eigenvalue weighted by molar-refractivity contribution is 5.87. The van der Waals surface area contributed by atoms with E-state index in [2.05, 4.69) is 6.92 Å². The molecule has 0 aromatic heterocycles. The number of carbonyl (C=O) groups excluding carboxylic acids is 1. The molecule has 0 aromatic carbocycles. The van der Waals surface area contributed by atoms with Crippen molar-refractivity contribution in [3.63, 3.8) is 0 Å². The number of amides is 1. The summed E-state index contributed by atoms with van der Waals surface area (Å²) in [7, 11) is 0. The maximum atomic E-state index is 11.7. The highest BCUT2D eigenvalue weighted by Gasteiger charge is 2.43. The fourth-order valence-corrected chi connectivity index (χ4v) is 2.42. The summed E-state index contributed by atoms with van der Waals surface area (Å²) < 4.78 is 0. The Kier molecular flexibility index (Phi) is 4.97. The van der Waals surface area contributed by atoms with Gasteiger partial charge in [-0.3, -0.25) is 4.79 Å². The summed E-state index contributed by atoms with van der Waals surface area (Å²) in [5.41, 5.74) is -0.999. The highest BCUT2D eigenvalue weighted by Crippen LogP contribution is 2.28. The lowest BCUT2D eigenvalue weighted by Gasteiger charge is -2.35. The fourth-order valence-electron chi connectivity index (χ4n) is 2.42. The van der Waals surface area contributed by atoms with Gasteiger partial charge >= 0.3 is 5.97 Å². The van der Waals surface area contributed by atoms with Crippen LogP contribution in [0.4, 0.5) is 0 Å². The minimum atomic E-state index is -0.999. The van der Waals surface area contributed by atoms with Crippen LogP contribution in [0, 0.1) is 0 Å². The van der Waals surface area contributed by atoms with Crippen molar-refractivity contribution in [3.8, 4) is 0 Å². The Labute approximate surface area is 103 Å². The summed E-state index contributed by atoms with van der Waals surface area (Å²) in [6.07, 6.45) is 6.03. The Morgan fingerprint density at radius 2 is 2.12 bits per heavy atom. The van der Waals surface area contributed by atoms with E-state index in [-0.39, 0.29) is 5.91 Å². The van der Waals surface area contributed by atoms with Gasteiger partial charge < -0.3 is 10.0 Å². The van der Waals surface area contributed by atoms with E-state index in [0.29, 0.717) is 19.4 Å². The summed E-state index contributed by atoms with van der Waals surface area (Å²) in [6.45, 7) is 4.40. The average Bonchev–Trinajstić information content (AvgIpc) is 2.71. The summed E-state index contributed by atoms with van der Waals surface area (Å²) in [6, 6.07) is 0.